The SMILES string of the molecule is CSC(C)(C)[C@H](N)C(=O)N1CCc2oc(C(C)(C)C)nc2C1.Cl. The van der Waals surface area contributed by atoms with E-state index in [1.54, 1.807) is 16.7 Å². The molecule has 5 nitrogen and oxygen atoms in total. The Balaban J connectivity index is 0.00000264. The molecule has 23 heavy (non-hydrogen) atoms. The summed E-state index contributed by atoms with van der Waals surface area (Å²) >= 11 is 1.61. The molecule has 0 fully saturated rings. The van der Waals surface area contributed by atoms with Crippen molar-refractivity contribution < 1.29 is 9.21 Å². The Bertz CT molecular complexity index is 566. The number of halogens is 1. The van der Waals surface area contributed by atoms with Gasteiger partial charge in [0.2, 0.25) is 5.91 Å². The molecule has 132 valence electrons. The number of carbonyl (C=O) groups excluding carboxylic acids is 1. The summed E-state index contributed by atoms with van der Waals surface area (Å²) in [6, 6.07) is -0.516. The van der Waals surface area contributed by atoms with Gasteiger partial charge in [-0.1, -0.05) is 20.8 Å². The largest absolute Gasteiger partial charge is 0.445 e. The van der Waals surface area contributed by atoms with Gasteiger partial charge < -0.3 is 15.1 Å². The van der Waals surface area contributed by atoms with Crippen molar-refractivity contribution >= 4 is 30.1 Å². The van der Waals surface area contributed by atoms with Gasteiger partial charge in [-0.3, -0.25) is 4.79 Å². The number of oxazole rings is 1. The van der Waals surface area contributed by atoms with Crippen LogP contribution in [0.3, 0.4) is 0 Å². The van der Waals surface area contributed by atoms with Crippen molar-refractivity contribution in [3.8, 4) is 0 Å². The van der Waals surface area contributed by atoms with Crippen LogP contribution in [-0.4, -0.2) is 39.4 Å². The average Bonchev–Trinajstić information content (AvgIpc) is 2.88. The first-order valence-corrected chi connectivity index (χ1v) is 8.87. The number of fused-ring (bicyclic) bond motifs is 1. The second-order valence-corrected chi connectivity index (χ2v) is 8.89. The Kier molecular flexibility index (Phi) is 6.21. The monoisotopic (exact) mass is 361 g/mol. The van der Waals surface area contributed by atoms with E-state index in [1.165, 1.54) is 0 Å². The Labute approximate surface area is 149 Å². The van der Waals surface area contributed by atoms with Crippen LogP contribution in [0.2, 0.25) is 0 Å². The molecular weight excluding hydrogens is 334 g/mol. The fraction of sp³-hybridized carbons (Fsp3) is 0.750. The number of rotatable bonds is 3. The molecule has 2 rings (SSSR count). The van der Waals surface area contributed by atoms with Crippen LogP contribution in [0.25, 0.3) is 0 Å². The maximum absolute atomic E-state index is 12.6. The zero-order valence-corrected chi connectivity index (χ0v) is 16.4. The summed E-state index contributed by atoms with van der Waals surface area (Å²) in [6.45, 7) is 11.4. The van der Waals surface area contributed by atoms with E-state index >= 15 is 0 Å². The van der Waals surface area contributed by atoms with Crippen molar-refractivity contribution in [3.05, 3.63) is 17.3 Å². The fourth-order valence-corrected chi connectivity index (χ4v) is 2.68. The van der Waals surface area contributed by atoms with Gasteiger partial charge in [-0.2, -0.15) is 11.8 Å². The summed E-state index contributed by atoms with van der Waals surface area (Å²) in [5, 5.41) is 0. The summed E-state index contributed by atoms with van der Waals surface area (Å²) in [4.78, 5) is 19.0. The highest BCUT2D eigenvalue weighted by Gasteiger charge is 2.36. The third-order valence-corrected chi connectivity index (χ3v) is 5.53. The Morgan fingerprint density at radius 3 is 2.48 bits per heavy atom. The van der Waals surface area contributed by atoms with Gasteiger partial charge in [0, 0.05) is 23.1 Å². The number of thioether (sulfide) groups is 1. The molecular formula is C16H28ClN3O2S. The second kappa shape index (κ2) is 7.03. The first kappa shape index (κ1) is 20.3. The van der Waals surface area contributed by atoms with Gasteiger partial charge in [0.25, 0.3) is 0 Å². The van der Waals surface area contributed by atoms with Crippen LogP contribution in [-0.2, 0) is 23.2 Å². The van der Waals surface area contributed by atoms with E-state index in [0.29, 0.717) is 19.5 Å². The van der Waals surface area contributed by atoms with Gasteiger partial charge in [-0.05, 0) is 20.1 Å². The Hall–Kier alpha value is -0.720. The van der Waals surface area contributed by atoms with Crippen molar-refractivity contribution in [2.45, 2.75) is 63.8 Å². The molecule has 0 radical (unpaired) electrons. The molecule has 1 aliphatic heterocycles. The lowest BCUT2D eigenvalue weighted by molar-refractivity contribution is -0.134. The maximum atomic E-state index is 12.6. The highest BCUT2D eigenvalue weighted by Crippen LogP contribution is 2.29. The summed E-state index contributed by atoms with van der Waals surface area (Å²) in [6.07, 6.45) is 2.69. The van der Waals surface area contributed by atoms with Crippen molar-refractivity contribution in [1.29, 1.82) is 0 Å². The zero-order chi connectivity index (χ0) is 16.7. The molecule has 1 atom stereocenters. The van der Waals surface area contributed by atoms with Gasteiger partial charge in [-0.15, -0.1) is 12.4 Å². The molecule has 0 aliphatic carbocycles. The highest BCUT2D eigenvalue weighted by molar-refractivity contribution is 8.00. The predicted octanol–water partition coefficient (Wildman–Crippen LogP) is 2.75. The molecule has 0 saturated carbocycles. The van der Waals surface area contributed by atoms with Crippen LogP contribution in [0.4, 0.5) is 0 Å². The van der Waals surface area contributed by atoms with E-state index in [0.717, 1.165) is 17.3 Å². The summed E-state index contributed by atoms with van der Waals surface area (Å²) in [5.41, 5.74) is 6.93. The molecule has 2 N–H and O–H groups in total. The average molecular weight is 362 g/mol. The van der Waals surface area contributed by atoms with Crippen molar-refractivity contribution in [2.75, 3.05) is 12.8 Å². The summed E-state index contributed by atoms with van der Waals surface area (Å²) in [5.74, 6) is 1.64. The number of hydrogen-bond acceptors (Lipinski definition) is 5. The van der Waals surface area contributed by atoms with Crippen LogP contribution < -0.4 is 5.73 Å². The van der Waals surface area contributed by atoms with Crippen LogP contribution >= 0.6 is 24.2 Å². The first-order valence-electron chi connectivity index (χ1n) is 7.65. The molecule has 2 heterocycles. The van der Waals surface area contributed by atoms with Gasteiger partial charge in [-0.25, -0.2) is 4.98 Å². The van der Waals surface area contributed by atoms with E-state index in [2.05, 4.69) is 25.8 Å². The normalized spacial score (nSPS) is 16.6. The van der Waals surface area contributed by atoms with Crippen molar-refractivity contribution in [2.24, 2.45) is 5.73 Å². The molecule has 0 spiro atoms. The fourth-order valence-electron chi connectivity index (χ4n) is 2.33. The number of carbonyl (C=O) groups is 1. The van der Waals surface area contributed by atoms with E-state index < -0.39 is 6.04 Å². The third-order valence-electron chi connectivity index (χ3n) is 4.22. The number of amides is 1. The Morgan fingerprint density at radius 2 is 1.96 bits per heavy atom. The number of aromatic nitrogens is 1. The lowest BCUT2D eigenvalue weighted by Gasteiger charge is -2.34. The topological polar surface area (TPSA) is 72.4 Å². The molecule has 0 unspecified atom stereocenters. The molecule has 1 aromatic heterocycles. The van der Waals surface area contributed by atoms with E-state index in [1.807, 2.05) is 20.1 Å². The first-order chi connectivity index (χ1) is 10.1. The van der Waals surface area contributed by atoms with Gasteiger partial charge in [0.05, 0.1) is 12.6 Å². The standard InChI is InChI=1S/C16H27N3O2S.ClH/c1-15(2,3)14-18-10-9-19(8-7-11(10)21-14)13(20)12(17)16(4,5)22-6;/h12H,7-9,17H2,1-6H3;1H/t12-;/m1./s1. The second-order valence-electron chi connectivity index (χ2n) is 7.43. The number of nitrogens with two attached hydrogens (primary N) is 1. The van der Waals surface area contributed by atoms with Crippen molar-refractivity contribution in [3.63, 3.8) is 0 Å². The molecule has 7 heteroatoms. The zero-order valence-electron chi connectivity index (χ0n) is 14.8. The van der Waals surface area contributed by atoms with Crippen LogP contribution in [0.5, 0.6) is 0 Å². The van der Waals surface area contributed by atoms with E-state index in [4.69, 9.17) is 10.2 Å². The molecule has 1 aromatic rings. The quantitative estimate of drug-likeness (QED) is 0.896. The highest BCUT2D eigenvalue weighted by atomic mass is 35.5. The predicted molar refractivity (Wildman–Crippen MR) is 97.1 cm³/mol. The van der Waals surface area contributed by atoms with Gasteiger partial charge in [0.15, 0.2) is 5.89 Å². The third kappa shape index (κ3) is 4.22. The maximum Gasteiger partial charge on any atom is 0.241 e. The number of nitrogens with zero attached hydrogens (tertiary/aromatic N) is 2. The van der Waals surface area contributed by atoms with Crippen LogP contribution in [0.15, 0.2) is 4.42 Å². The summed E-state index contributed by atoms with van der Waals surface area (Å²) in [7, 11) is 0. The minimum atomic E-state index is -0.516. The summed E-state index contributed by atoms with van der Waals surface area (Å²) < 4.78 is 5.58. The lowest BCUT2D eigenvalue weighted by Crippen LogP contribution is -2.54. The van der Waals surface area contributed by atoms with Crippen molar-refractivity contribution in [1.82, 2.24) is 9.88 Å². The molecule has 1 aliphatic rings. The van der Waals surface area contributed by atoms with Crippen LogP contribution in [0.1, 0.15) is 52.0 Å². The Morgan fingerprint density at radius 1 is 1.35 bits per heavy atom. The molecule has 0 aromatic carbocycles. The van der Waals surface area contributed by atoms with E-state index in [-0.39, 0.29) is 28.5 Å². The smallest absolute Gasteiger partial charge is 0.241 e. The minimum Gasteiger partial charge on any atom is -0.445 e. The molecule has 0 bridgehead atoms. The molecule has 1 amide bonds. The lowest BCUT2D eigenvalue weighted by atomic mass is 9.97. The van der Waals surface area contributed by atoms with Crippen LogP contribution in [0, 0.1) is 0 Å². The molecule has 0 saturated heterocycles. The number of hydrogen-bond donors (Lipinski definition) is 1. The minimum absolute atomic E-state index is 0. The van der Waals surface area contributed by atoms with E-state index in [9.17, 15) is 4.79 Å². The van der Waals surface area contributed by atoms with Gasteiger partial charge in [0.1, 0.15) is 11.5 Å². The van der Waals surface area contributed by atoms with Gasteiger partial charge >= 0.3 is 0 Å².